The van der Waals surface area contributed by atoms with Crippen LogP contribution in [0.25, 0.3) is 0 Å². The smallest absolute Gasteiger partial charge is 0.255 e. The summed E-state index contributed by atoms with van der Waals surface area (Å²) in [4.78, 5) is 14.5. The number of hydrogen-bond donors (Lipinski definition) is 2. The van der Waals surface area contributed by atoms with Crippen molar-refractivity contribution < 1.29 is 9.53 Å². The third-order valence-corrected chi connectivity index (χ3v) is 4.51. The SMILES string of the molecule is CNCCOc1ccc(C(=O)Nc2ccc(/N=N/c3ccc(N(C)C)cc3)cc2)cc1. The average Bonchev–Trinajstić information content (AvgIpc) is 2.79. The molecule has 160 valence electrons. The largest absolute Gasteiger partial charge is 0.492 e. The third kappa shape index (κ3) is 6.65. The molecular weight excluding hydrogens is 390 g/mol. The molecule has 7 heteroatoms. The van der Waals surface area contributed by atoms with Crippen molar-refractivity contribution >= 4 is 28.7 Å². The summed E-state index contributed by atoms with van der Waals surface area (Å²) in [6.07, 6.45) is 0. The number of hydrogen-bond acceptors (Lipinski definition) is 6. The Morgan fingerprint density at radius 3 is 2.00 bits per heavy atom. The summed E-state index contributed by atoms with van der Waals surface area (Å²) < 4.78 is 5.57. The van der Waals surface area contributed by atoms with Gasteiger partial charge in [-0.1, -0.05) is 0 Å². The molecule has 1 amide bonds. The van der Waals surface area contributed by atoms with Crippen molar-refractivity contribution in [2.45, 2.75) is 0 Å². The highest BCUT2D eigenvalue weighted by atomic mass is 16.5. The highest BCUT2D eigenvalue weighted by molar-refractivity contribution is 6.04. The van der Waals surface area contributed by atoms with Crippen molar-refractivity contribution in [2.24, 2.45) is 10.2 Å². The van der Waals surface area contributed by atoms with Gasteiger partial charge in [-0.2, -0.15) is 10.2 Å². The van der Waals surface area contributed by atoms with Crippen molar-refractivity contribution in [1.29, 1.82) is 0 Å². The van der Waals surface area contributed by atoms with Crippen LogP contribution in [-0.4, -0.2) is 40.2 Å². The first-order chi connectivity index (χ1) is 15.0. The molecule has 0 fully saturated rings. The molecule has 0 aliphatic heterocycles. The molecule has 0 bridgehead atoms. The Hall–Kier alpha value is -3.71. The molecule has 0 spiro atoms. The molecule has 0 heterocycles. The van der Waals surface area contributed by atoms with E-state index in [4.69, 9.17) is 4.74 Å². The highest BCUT2D eigenvalue weighted by Crippen LogP contribution is 2.23. The molecule has 0 aromatic heterocycles. The normalized spacial score (nSPS) is 10.8. The maximum Gasteiger partial charge on any atom is 0.255 e. The summed E-state index contributed by atoms with van der Waals surface area (Å²) in [5.41, 5.74) is 3.84. The van der Waals surface area contributed by atoms with Crippen molar-refractivity contribution in [3.05, 3.63) is 78.4 Å². The molecule has 3 rings (SSSR count). The second-order valence-electron chi connectivity index (χ2n) is 7.09. The molecule has 3 aromatic carbocycles. The first-order valence-electron chi connectivity index (χ1n) is 10.0. The van der Waals surface area contributed by atoms with E-state index in [1.807, 2.05) is 62.4 Å². The number of nitrogens with zero attached hydrogens (tertiary/aromatic N) is 3. The number of nitrogens with one attached hydrogen (secondary N) is 2. The summed E-state index contributed by atoms with van der Waals surface area (Å²) >= 11 is 0. The molecular formula is C24H27N5O2. The topological polar surface area (TPSA) is 78.3 Å². The summed E-state index contributed by atoms with van der Waals surface area (Å²) in [6, 6.07) is 22.1. The first-order valence-corrected chi connectivity index (χ1v) is 10.0. The summed E-state index contributed by atoms with van der Waals surface area (Å²) in [6.45, 7) is 1.34. The van der Waals surface area contributed by atoms with Crippen molar-refractivity contribution in [3.8, 4) is 5.75 Å². The molecule has 0 atom stereocenters. The second-order valence-corrected chi connectivity index (χ2v) is 7.09. The monoisotopic (exact) mass is 417 g/mol. The van der Waals surface area contributed by atoms with Crippen LogP contribution < -0.4 is 20.3 Å². The van der Waals surface area contributed by atoms with Gasteiger partial charge in [0.05, 0.1) is 11.4 Å². The molecule has 3 aromatic rings. The van der Waals surface area contributed by atoms with Gasteiger partial charge in [0, 0.05) is 37.6 Å². The molecule has 0 aliphatic carbocycles. The van der Waals surface area contributed by atoms with Crippen LogP contribution in [-0.2, 0) is 0 Å². The van der Waals surface area contributed by atoms with E-state index < -0.39 is 0 Å². The molecule has 0 saturated carbocycles. The lowest BCUT2D eigenvalue weighted by Crippen LogP contribution is -2.16. The fraction of sp³-hybridized carbons (Fsp3) is 0.208. The number of anilines is 2. The molecule has 0 saturated heterocycles. The zero-order valence-electron chi connectivity index (χ0n) is 18.0. The predicted molar refractivity (Wildman–Crippen MR) is 125 cm³/mol. The van der Waals surface area contributed by atoms with Gasteiger partial charge in [-0.15, -0.1) is 0 Å². The van der Waals surface area contributed by atoms with Gasteiger partial charge in [0.1, 0.15) is 12.4 Å². The highest BCUT2D eigenvalue weighted by Gasteiger charge is 2.06. The summed E-state index contributed by atoms with van der Waals surface area (Å²) in [5, 5.41) is 14.4. The van der Waals surface area contributed by atoms with Crippen LogP contribution in [0.2, 0.25) is 0 Å². The minimum atomic E-state index is -0.183. The first kappa shape index (κ1) is 22.0. The maximum absolute atomic E-state index is 12.4. The van der Waals surface area contributed by atoms with E-state index in [1.165, 1.54) is 0 Å². The number of azo groups is 1. The standard InChI is InChI=1S/C24H27N5O2/c1-25-16-17-31-23-14-4-18(5-15-23)24(30)26-19-6-8-20(9-7-19)27-28-21-10-12-22(13-11-21)29(2)3/h4-15,25H,16-17H2,1-3H3,(H,26,30)/b28-27+. The third-order valence-electron chi connectivity index (χ3n) is 4.51. The van der Waals surface area contributed by atoms with E-state index in [0.29, 0.717) is 23.5 Å². The lowest BCUT2D eigenvalue weighted by atomic mass is 10.2. The Morgan fingerprint density at radius 1 is 0.871 bits per heavy atom. The van der Waals surface area contributed by atoms with Crippen LogP contribution >= 0.6 is 0 Å². The maximum atomic E-state index is 12.4. The number of ether oxygens (including phenoxy) is 1. The van der Waals surface area contributed by atoms with Crippen molar-refractivity contribution in [2.75, 3.05) is 44.5 Å². The van der Waals surface area contributed by atoms with E-state index >= 15 is 0 Å². The Morgan fingerprint density at radius 2 is 1.45 bits per heavy atom. The minimum Gasteiger partial charge on any atom is -0.492 e. The minimum absolute atomic E-state index is 0.183. The Kier molecular flexibility index (Phi) is 7.73. The van der Waals surface area contributed by atoms with Gasteiger partial charge in [0.2, 0.25) is 0 Å². The number of carbonyl (C=O) groups is 1. The van der Waals surface area contributed by atoms with Gasteiger partial charge in [-0.3, -0.25) is 4.79 Å². The van der Waals surface area contributed by atoms with Crippen LogP contribution in [0.4, 0.5) is 22.7 Å². The van der Waals surface area contributed by atoms with E-state index in [9.17, 15) is 4.79 Å². The zero-order valence-corrected chi connectivity index (χ0v) is 18.0. The Balaban J connectivity index is 1.55. The number of amides is 1. The van der Waals surface area contributed by atoms with Gasteiger partial charge >= 0.3 is 0 Å². The van der Waals surface area contributed by atoms with Gasteiger partial charge in [-0.25, -0.2) is 0 Å². The summed E-state index contributed by atoms with van der Waals surface area (Å²) in [5.74, 6) is 0.551. The van der Waals surface area contributed by atoms with E-state index in [1.54, 1.807) is 36.4 Å². The molecule has 7 nitrogen and oxygen atoms in total. The summed E-state index contributed by atoms with van der Waals surface area (Å²) in [7, 11) is 5.86. The van der Waals surface area contributed by atoms with Crippen LogP contribution in [0.15, 0.2) is 83.0 Å². The van der Waals surface area contributed by atoms with E-state index in [0.717, 1.165) is 23.7 Å². The number of carbonyl (C=O) groups excluding carboxylic acids is 1. The Labute approximate surface area is 182 Å². The molecule has 0 aliphatic rings. The fourth-order valence-electron chi connectivity index (χ4n) is 2.72. The average molecular weight is 418 g/mol. The molecule has 0 unspecified atom stereocenters. The Bertz CT molecular complexity index is 998. The second kappa shape index (κ2) is 10.9. The van der Waals surface area contributed by atoms with Crippen LogP contribution in [0.5, 0.6) is 5.75 Å². The number of benzene rings is 3. The van der Waals surface area contributed by atoms with Gasteiger partial charge < -0.3 is 20.3 Å². The number of likely N-dealkylation sites (N-methyl/N-ethyl adjacent to an activating group) is 1. The van der Waals surface area contributed by atoms with Gasteiger partial charge in [-0.05, 0) is 79.8 Å². The molecule has 2 N–H and O–H groups in total. The lowest BCUT2D eigenvalue weighted by Gasteiger charge is -2.11. The fourth-order valence-corrected chi connectivity index (χ4v) is 2.72. The van der Waals surface area contributed by atoms with E-state index in [-0.39, 0.29) is 5.91 Å². The lowest BCUT2D eigenvalue weighted by molar-refractivity contribution is 0.102. The quantitative estimate of drug-likeness (QED) is 0.379. The van der Waals surface area contributed by atoms with Crippen molar-refractivity contribution in [3.63, 3.8) is 0 Å². The van der Waals surface area contributed by atoms with Gasteiger partial charge in [0.15, 0.2) is 0 Å². The number of rotatable bonds is 9. The molecule has 0 radical (unpaired) electrons. The zero-order chi connectivity index (χ0) is 22.1. The van der Waals surface area contributed by atoms with Crippen molar-refractivity contribution in [1.82, 2.24) is 5.32 Å². The molecule has 31 heavy (non-hydrogen) atoms. The van der Waals surface area contributed by atoms with E-state index in [2.05, 4.69) is 20.9 Å². The predicted octanol–water partition coefficient (Wildman–Crippen LogP) is 5.02. The van der Waals surface area contributed by atoms with Gasteiger partial charge in [0.25, 0.3) is 5.91 Å². The van der Waals surface area contributed by atoms with Crippen LogP contribution in [0.3, 0.4) is 0 Å². The van der Waals surface area contributed by atoms with Crippen LogP contribution in [0, 0.1) is 0 Å². The van der Waals surface area contributed by atoms with Crippen LogP contribution in [0.1, 0.15) is 10.4 Å².